The van der Waals surface area contributed by atoms with E-state index in [-0.39, 0.29) is 46.6 Å². The minimum atomic E-state index is -0.833. The second-order valence-corrected chi connectivity index (χ2v) is 2.65. The first-order valence-electron chi connectivity index (χ1n) is 5.03. The van der Waals surface area contributed by atoms with Crippen LogP contribution in [0.4, 0.5) is 0 Å². The van der Waals surface area contributed by atoms with Crippen LogP contribution < -0.4 is 11.5 Å². The summed E-state index contributed by atoms with van der Waals surface area (Å²) in [5.74, 6) is -3.33. The van der Waals surface area contributed by atoms with E-state index in [1.807, 2.05) is 0 Å². The molecule has 0 aromatic carbocycles. The summed E-state index contributed by atoms with van der Waals surface area (Å²) in [6, 6.07) is 0. The van der Waals surface area contributed by atoms with Gasteiger partial charge in [0.1, 0.15) is 0 Å². The fraction of sp³-hybridized carbons (Fsp3) is 0.600. The zero-order valence-corrected chi connectivity index (χ0v) is 16.2. The molecular formula is C10H24CuN2NaO8. The molecular weight excluding hydrogens is 363 g/mol. The van der Waals surface area contributed by atoms with Crippen molar-refractivity contribution in [3.05, 3.63) is 0 Å². The fourth-order valence-corrected chi connectivity index (χ4v) is 0. The van der Waals surface area contributed by atoms with Crippen LogP contribution in [0.15, 0.2) is 0 Å². The van der Waals surface area contributed by atoms with E-state index in [1.165, 1.54) is 0 Å². The third-order valence-electron chi connectivity index (χ3n) is 0.167. The van der Waals surface area contributed by atoms with Gasteiger partial charge in [-0.05, 0) is 0 Å². The largest absolute Gasteiger partial charge is 0.481 e. The Bertz CT molecular complexity index is 201. The molecule has 0 fully saturated rings. The SMILES string of the molecule is CC(=O)O.CC(=O)O.CC(=O)O.CC(=O)O.NCCN.[Cu].[Na]. The van der Waals surface area contributed by atoms with Gasteiger partial charge in [0, 0.05) is 87.4 Å². The van der Waals surface area contributed by atoms with Gasteiger partial charge in [-0.2, -0.15) is 0 Å². The smallest absolute Gasteiger partial charge is 0.300 e. The molecule has 0 saturated heterocycles. The molecule has 134 valence electrons. The Morgan fingerprint density at radius 3 is 0.682 bits per heavy atom. The molecule has 0 amide bonds. The van der Waals surface area contributed by atoms with Crippen molar-refractivity contribution in [3.63, 3.8) is 0 Å². The molecule has 22 heavy (non-hydrogen) atoms. The molecule has 0 spiro atoms. The van der Waals surface area contributed by atoms with Crippen LogP contribution >= 0.6 is 0 Å². The van der Waals surface area contributed by atoms with Crippen LogP contribution in [0, 0.1) is 0 Å². The van der Waals surface area contributed by atoms with Crippen LogP contribution in [0.2, 0.25) is 0 Å². The van der Waals surface area contributed by atoms with Crippen molar-refractivity contribution in [1.29, 1.82) is 0 Å². The first-order chi connectivity index (χ1) is 8.84. The zero-order valence-electron chi connectivity index (χ0n) is 13.3. The molecule has 0 aliphatic heterocycles. The van der Waals surface area contributed by atoms with E-state index in [9.17, 15) is 0 Å². The zero-order chi connectivity index (χ0) is 17.7. The number of hydrogen-bond acceptors (Lipinski definition) is 6. The van der Waals surface area contributed by atoms with E-state index in [4.69, 9.17) is 51.1 Å². The summed E-state index contributed by atoms with van der Waals surface area (Å²) in [7, 11) is 0. The molecule has 12 heteroatoms. The Labute approximate surface area is 162 Å². The maximum absolute atomic E-state index is 9.00. The predicted octanol–water partition coefficient (Wildman–Crippen LogP) is -1.12. The molecule has 0 aliphatic carbocycles. The minimum absolute atomic E-state index is 0. The van der Waals surface area contributed by atoms with E-state index < -0.39 is 23.9 Å². The van der Waals surface area contributed by atoms with Crippen molar-refractivity contribution >= 4 is 53.4 Å². The molecule has 0 bridgehead atoms. The maximum atomic E-state index is 9.00. The monoisotopic (exact) mass is 386 g/mol. The van der Waals surface area contributed by atoms with Crippen LogP contribution in [-0.2, 0) is 36.2 Å². The van der Waals surface area contributed by atoms with E-state index >= 15 is 0 Å². The van der Waals surface area contributed by atoms with E-state index in [0.717, 1.165) is 27.7 Å². The third-order valence-corrected chi connectivity index (χ3v) is 0.167. The van der Waals surface area contributed by atoms with Crippen LogP contribution in [-0.4, -0.2) is 87.0 Å². The van der Waals surface area contributed by atoms with Crippen LogP contribution in [0.1, 0.15) is 27.7 Å². The number of rotatable bonds is 1. The van der Waals surface area contributed by atoms with E-state index in [2.05, 4.69) is 0 Å². The first-order valence-corrected chi connectivity index (χ1v) is 5.03. The molecule has 0 unspecified atom stereocenters. The summed E-state index contributed by atoms with van der Waals surface area (Å²) >= 11 is 0. The molecule has 0 aromatic rings. The van der Waals surface area contributed by atoms with Crippen LogP contribution in [0.25, 0.3) is 0 Å². The molecule has 0 atom stereocenters. The number of carbonyl (C=O) groups is 4. The number of nitrogens with two attached hydrogens (primary N) is 2. The molecule has 0 saturated carbocycles. The summed E-state index contributed by atoms with van der Waals surface area (Å²) in [5.41, 5.74) is 9.81. The Morgan fingerprint density at radius 1 is 0.636 bits per heavy atom. The molecule has 0 rings (SSSR count). The second kappa shape index (κ2) is 42.7. The topological polar surface area (TPSA) is 201 Å². The van der Waals surface area contributed by atoms with Gasteiger partial charge >= 0.3 is 0 Å². The fourth-order valence-electron chi connectivity index (χ4n) is 0. The Hall–Kier alpha value is -0.681. The minimum Gasteiger partial charge on any atom is -0.481 e. The number of carboxylic acid groups (broad SMARTS) is 4. The number of hydrogen-bond donors (Lipinski definition) is 6. The molecule has 8 N–H and O–H groups in total. The van der Waals surface area contributed by atoms with Gasteiger partial charge < -0.3 is 31.9 Å². The van der Waals surface area contributed by atoms with Crippen molar-refractivity contribution in [2.24, 2.45) is 11.5 Å². The number of aliphatic carboxylic acids is 4. The molecule has 0 aromatic heterocycles. The van der Waals surface area contributed by atoms with Crippen LogP contribution in [0.3, 0.4) is 0 Å². The second-order valence-electron chi connectivity index (χ2n) is 2.65. The van der Waals surface area contributed by atoms with Crippen molar-refractivity contribution in [1.82, 2.24) is 0 Å². The average Bonchev–Trinajstić information content (AvgIpc) is 2.13. The van der Waals surface area contributed by atoms with E-state index in [1.54, 1.807) is 0 Å². The van der Waals surface area contributed by atoms with Gasteiger partial charge in [-0.15, -0.1) is 0 Å². The Kier molecular flexibility index (Phi) is 83.4. The molecule has 10 nitrogen and oxygen atoms in total. The van der Waals surface area contributed by atoms with Gasteiger partial charge in [0.25, 0.3) is 23.9 Å². The normalized spacial score (nSPS) is 5.91. The summed E-state index contributed by atoms with van der Waals surface area (Å²) < 4.78 is 0. The predicted molar refractivity (Wildman–Crippen MR) is 77.1 cm³/mol. The quantitative estimate of drug-likeness (QED) is 0.300. The summed E-state index contributed by atoms with van der Waals surface area (Å²) in [5, 5.41) is 29.7. The summed E-state index contributed by atoms with van der Waals surface area (Å²) in [4.78, 5) is 36.0. The maximum Gasteiger partial charge on any atom is 0.300 e. The standard InChI is InChI=1S/C2H8N2.4C2H4O2.Cu.Na/c3-1-2-4;4*1-2(3)4;;/h1-4H2;4*1H3,(H,3,4);;. The van der Waals surface area contributed by atoms with Gasteiger partial charge in [0.2, 0.25) is 0 Å². The van der Waals surface area contributed by atoms with Gasteiger partial charge in [-0.25, -0.2) is 0 Å². The van der Waals surface area contributed by atoms with Crippen molar-refractivity contribution in [2.75, 3.05) is 13.1 Å². The third kappa shape index (κ3) is 63500. The van der Waals surface area contributed by atoms with Gasteiger partial charge in [-0.3, -0.25) is 19.2 Å². The van der Waals surface area contributed by atoms with Crippen LogP contribution in [0.5, 0.6) is 0 Å². The Morgan fingerprint density at radius 2 is 0.682 bits per heavy atom. The molecule has 0 aliphatic rings. The van der Waals surface area contributed by atoms with E-state index in [0.29, 0.717) is 13.1 Å². The molecule has 2 radical (unpaired) electrons. The van der Waals surface area contributed by atoms with Gasteiger partial charge in [0.05, 0.1) is 0 Å². The van der Waals surface area contributed by atoms with Crippen molar-refractivity contribution < 1.29 is 56.7 Å². The molecule has 0 heterocycles. The number of carboxylic acids is 4. The van der Waals surface area contributed by atoms with Crippen molar-refractivity contribution in [3.8, 4) is 0 Å². The Balaban J connectivity index is -0.0000000250. The van der Waals surface area contributed by atoms with Crippen molar-refractivity contribution in [2.45, 2.75) is 27.7 Å². The average molecular weight is 387 g/mol. The van der Waals surface area contributed by atoms with Gasteiger partial charge in [0.15, 0.2) is 0 Å². The summed E-state index contributed by atoms with van der Waals surface area (Å²) in [6.45, 7) is 5.53. The summed E-state index contributed by atoms with van der Waals surface area (Å²) in [6.07, 6.45) is 0. The van der Waals surface area contributed by atoms with Gasteiger partial charge in [-0.1, -0.05) is 0 Å². The first kappa shape index (κ1) is 42.9.